The number of benzene rings is 2. The van der Waals surface area contributed by atoms with Crippen molar-refractivity contribution < 1.29 is 14.0 Å². The molecule has 2 amide bonds. The summed E-state index contributed by atoms with van der Waals surface area (Å²) in [7, 11) is 0. The van der Waals surface area contributed by atoms with Crippen LogP contribution in [0.1, 0.15) is 16.1 Å². The maximum absolute atomic E-state index is 12.9. The van der Waals surface area contributed by atoms with Gasteiger partial charge < -0.3 is 5.32 Å². The minimum atomic E-state index is -0.353. The Morgan fingerprint density at radius 2 is 1.86 bits per heavy atom. The molecule has 1 heterocycles. The lowest BCUT2D eigenvalue weighted by atomic mass is 10.2. The third kappa shape index (κ3) is 5.79. The lowest BCUT2D eigenvalue weighted by Crippen LogP contribution is -2.14. The van der Waals surface area contributed by atoms with Crippen LogP contribution in [0.5, 0.6) is 0 Å². The third-order valence-electron chi connectivity index (χ3n) is 3.50. The first-order valence-corrected chi connectivity index (χ1v) is 10.6. The number of hydrogen-bond acceptors (Lipinski definition) is 5. The Balaban J connectivity index is 1.45. The van der Waals surface area contributed by atoms with Crippen molar-refractivity contribution in [3.8, 4) is 0 Å². The van der Waals surface area contributed by atoms with Gasteiger partial charge >= 0.3 is 0 Å². The van der Waals surface area contributed by atoms with Gasteiger partial charge in [-0.1, -0.05) is 23.7 Å². The zero-order chi connectivity index (χ0) is 19.9. The fourth-order valence-electron chi connectivity index (χ4n) is 2.22. The standard InChI is InChI=1S/C19H15ClFN3O2S2/c20-16-4-2-1-3-15(16)18(26)24-19-23-14(10-28-19)9-27-11-17(25)22-13-7-5-12(21)6-8-13/h1-8,10H,9,11H2,(H,22,25)(H,23,24,26). The van der Waals surface area contributed by atoms with Gasteiger partial charge in [-0.15, -0.1) is 23.1 Å². The molecule has 0 aliphatic carbocycles. The van der Waals surface area contributed by atoms with Crippen molar-refractivity contribution in [3.05, 3.63) is 76.0 Å². The van der Waals surface area contributed by atoms with Crippen LogP contribution in [-0.4, -0.2) is 22.6 Å². The number of carbonyl (C=O) groups is 2. The summed E-state index contributed by atoms with van der Waals surface area (Å²) >= 11 is 8.71. The molecule has 0 radical (unpaired) electrons. The Morgan fingerprint density at radius 1 is 1.11 bits per heavy atom. The summed E-state index contributed by atoms with van der Waals surface area (Å²) in [6, 6.07) is 12.4. The summed E-state index contributed by atoms with van der Waals surface area (Å²) < 4.78 is 12.9. The van der Waals surface area contributed by atoms with E-state index in [0.29, 0.717) is 27.2 Å². The summed E-state index contributed by atoms with van der Waals surface area (Å²) in [5.41, 5.74) is 1.69. The molecule has 2 N–H and O–H groups in total. The van der Waals surface area contributed by atoms with Gasteiger partial charge in [-0.2, -0.15) is 0 Å². The van der Waals surface area contributed by atoms with Crippen molar-refractivity contribution in [2.75, 3.05) is 16.4 Å². The maximum Gasteiger partial charge on any atom is 0.258 e. The second-order valence-corrected chi connectivity index (χ2v) is 7.88. The number of aromatic nitrogens is 1. The van der Waals surface area contributed by atoms with Gasteiger partial charge in [-0.05, 0) is 36.4 Å². The number of thiazole rings is 1. The fourth-order valence-corrected chi connectivity index (χ4v) is 3.97. The van der Waals surface area contributed by atoms with Gasteiger partial charge in [-0.25, -0.2) is 9.37 Å². The number of nitrogens with zero attached hydrogens (tertiary/aromatic N) is 1. The Labute approximate surface area is 174 Å². The van der Waals surface area contributed by atoms with E-state index in [-0.39, 0.29) is 23.4 Å². The van der Waals surface area contributed by atoms with Crippen LogP contribution in [0.15, 0.2) is 53.9 Å². The topological polar surface area (TPSA) is 71.1 Å². The normalized spacial score (nSPS) is 10.5. The molecule has 28 heavy (non-hydrogen) atoms. The number of anilines is 2. The zero-order valence-corrected chi connectivity index (χ0v) is 16.8. The highest BCUT2D eigenvalue weighted by atomic mass is 35.5. The highest BCUT2D eigenvalue weighted by Gasteiger charge is 2.12. The first kappa shape index (κ1) is 20.3. The SMILES string of the molecule is O=C(CSCc1csc(NC(=O)c2ccccc2Cl)n1)Nc1ccc(F)cc1. The van der Waals surface area contributed by atoms with Crippen LogP contribution in [0.25, 0.3) is 0 Å². The summed E-state index contributed by atoms with van der Waals surface area (Å²) in [6.07, 6.45) is 0. The first-order chi connectivity index (χ1) is 13.5. The lowest BCUT2D eigenvalue weighted by molar-refractivity contribution is -0.113. The van der Waals surface area contributed by atoms with Gasteiger partial charge in [0.05, 0.1) is 22.0 Å². The highest BCUT2D eigenvalue weighted by Crippen LogP contribution is 2.22. The van der Waals surface area contributed by atoms with E-state index >= 15 is 0 Å². The fraction of sp³-hybridized carbons (Fsp3) is 0.105. The van der Waals surface area contributed by atoms with Gasteiger partial charge in [0.1, 0.15) is 5.82 Å². The second-order valence-electron chi connectivity index (χ2n) is 5.63. The molecule has 0 fully saturated rings. The number of rotatable bonds is 7. The third-order valence-corrected chi connectivity index (χ3v) is 5.60. The van der Waals surface area contributed by atoms with Crippen molar-refractivity contribution in [2.45, 2.75) is 5.75 Å². The van der Waals surface area contributed by atoms with Gasteiger partial charge in [0.2, 0.25) is 5.91 Å². The summed E-state index contributed by atoms with van der Waals surface area (Å²) in [6.45, 7) is 0. The molecule has 3 rings (SSSR count). The highest BCUT2D eigenvalue weighted by molar-refractivity contribution is 7.99. The number of carbonyl (C=O) groups excluding carboxylic acids is 2. The molecule has 0 bridgehead atoms. The van der Waals surface area contributed by atoms with Crippen molar-refractivity contribution in [2.24, 2.45) is 0 Å². The van der Waals surface area contributed by atoms with Crippen LogP contribution < -0.4 is 10.6 Å². The van der Waals surface area contributed by atoms with E-state index in [2.05, 4.69) is 15.6 Å². The number of thioether (sulfide) groups is 1. The molecule has 144 valence electrons. The molecule has 0 aliphatic rings. The average Bonchev–Trinajstić information content (AvgIpc) is 3.11. The molecule has 3 aromatic rings. The van der Waals surface area contributed by atoms with E-state index < -0.39 is 0 Å². The summed E-state index contributed by atoms with van der Waals surface area (Å²) in [5, 5.41) is 8.09. The Morgan fingerprint density at radius 3 is 2.61 bits per heavy atom. The predicted octanol–water partition coefficient (Wildman–Crippen LogP) is 5.06. The smallest absolute Gasteiger partial charge is 0.258 e. The predicted molar refractivity (Wildman–Crippen MR) is 113 cm³/mol. The molecule has 9 heteroatoms. The molecule has 1 aromatic heterocycles. The molecular weight excluding hydrogens is 421 g/mol. The van der Waals surface area contributed by atoms with Gasteiger partial charge in [0.25, 0.3) is 5.91 Å². The van der Waals surface area contributed by atoms with E-state index in [1.165, 1.54) is 47.4 Å². The Hall–Kier alpha value is -2.42. The largest absolute Gasteiger partial charge is 0.325 e. The van der Waals surface area contributed by atoms with E-state index in [0.717, 1.165) is 5.69 Å². The van der Waals surface area contributed by atoms with Crippen molar-refractivity contribution in [1.82, 2.24) is 4.98 Å². The number of hydrogen-bond donors (Lipinski definition) is 2. The Kier molecular flexibility index (Phi) is 7.02. The number of amides is 2. The molecule has 0 aliphatic heterocycles. The quantitative estimate of drug-likeness (QED) is 0.544. The van der Waals surface area contributed by atoms with Crippen molar-refractivity contribution in [1.29, 1.82) is 0 Å². The van der Waals surface area contributed by atoms with Crippen molar-refractivity contribution in [3.63, 3.8) is 0 Å². The van der Waals surface area contributed by atoms with Crippen LogP contribution in [0.3, 0.4) is 0 Å². The molecule has 0 spiro atoms. The second kappa shape index (κ2) is 9.68. The lowest BCUT2D eigenvalue weighted by Gasteiger charge is -2.04. The van der Waals surface area contributed by atoms with E-state index in [1.807, 2.05) is 5.38 Å². The van der Waals surface area contributed by atoms with Gasteiger partial charge in [0.15, 0.2) is 5.13 Å². The molecule has 0 atom stereocenters. The van der Waals surface area contributed by atoms with E-state index in [9.17, 15) is 14.0 Å². The van der Waals surface area contributed by atoms with Crippen LogP contribution in [0.2, 0.25) is 5.02 Å². The molecule has 0 unspecified atom stereocenters. The zero-order valence-electron chi connectivity index (χ0n) is 14.4. The minimum absolute atomic E-state index is 0.181. The summed E-state index contributed by atoms with van der Waals surface area (Å²) in [4.78, 5) is 28.5. The molecule has 0 saturated heterocycles. The Bertz CT molecular complexity index is 979. The van der Waals surface area contributed by atoms with Crippen LogP contribution in [-0.2, 0) is 10.5 Å². The molecular formula is C19H15ClFN3O2S2. The van der Waals surface area contributed by atoms with Crippen LogP contribution in [0, 0.1) is 5.82 Å². The summed E-state index contributed by atoms with van der Waals surface area (Å²) in [5.74, 6) is -0.101. The number of halogens is 2. The van der Waals surface area contributed by atoms with E-state index in [1.54, 1.807) is 24.3 Å². The minimum Gasteiger partial charge on any atom is -0.325 e. The number of nitrogens with one attached hydrogen (secondary N) is 2. The van der Waals surface area contributed by atoms with Crippen molar-refractivity contribution >= 4 is 57.3 Å². The van der Waals surface area contributed by atoms with Gasteiger partial charge in [-0.3, -0.25) is 14.9 Å². The molecule has 5 nitrogen and oxygen atoms in total. The molecule has 2 aromatic carbocycles. The molecule has 0 saturated carbocycles. The van der Waals surface area contributed by atoms with E-state index in [4.69, 9.17) is 11.6 Å². The average molecular weight is 436 g/mol. The van der Waals surface area contributed by atoms with Gasteiger partial charge in [0, 0.05) is 16.8 Å². The first-order valence-electron chi connectivity index (χ1n) is 8.15. The van der Waals surface area contributed by atoms with Crippen LogP contribution >= 0.6 is 34.7 Å². The maximum atomic E-state index is 12.9. The monoisotopic (exact) mass is 435 g/mol. The van der Waals surface area contributed by atoms with Crippen LogP contribution in [0.4, 0.5) is 15.2 Å².